The highest BCUT2D eigenvalue weighted by molar-refractivity contribution is 5.93. The van der Waals surface area contributed by atoms with E-state index in [1.807, 2.05) is 5.92 Å². The summed E-state index contributed by atoms with van der Waals surface area (Å²) in [6.07, 6.45) is 9.15. The monoisotopic (exact) mass is 166 g/mol. The first-order valence-corrected chi connectivity index (χ1v) is 4.26. The maximum absolute atomic E-state index is 10.8. The third kappa shape index (κ3) is 2.24. The van der Waals surface area contributed by atoms with Crippen LogP contribution in [0.5, 0.6) is 0 Å². The normalized spacial score (nSPS) is 29.0. The second-order valence-corrected chi connectivity index (χ2v) is 3.17. The lowest BCUT2D eigenvalue weighted by Gasteiger charge is -2.28. The molecule has 12 heavy (non-hydrogen) atoms. The average Bonchev–Trinajstić information content (AvgIpc) is 2.09. The lowest BCUT2D eigenvalue weighted by Crippen LogP contribution is -2.48. The first-order valence-electron chi connectivity index (χ1n) is 4.26. The fourth-order valence-electron chi connectivity index (χ4n) is 1.55. The van der Waals surface area contributed by atoms with Crippen LogP contribution in [0.1, 0.15) is 25.7 Å². The van der Waals surface area contributed by atoms with Crippen LogP contribution in [0.4, 0.5) is 0 Å². The number of amides is 1. The SMILES string of the molecule is C#CC(=O)N[C@@H]1CCCC[C@H]1N. The Morgan fingerprint density at radius 3 is 2.75 bits per heavy atom. The number of rotatable bonds is 1. The number of carbonyl (C=O) groups is 1. The van der Waals surface area contributed by atoms with Crippen LogP contribution in [0.2, 0.25) is 0 Å². The molecule has 0 aromatic rings. The van der Waals surface area contributed by atoms with Crippen molar-refractivity contribution in [3.8, 4) is 12.3 Å². The van der Waals surface area contributed by atoms with Gasteiger partial charge >= 0.3 is 0 Å². The summed E-state index contributed by atoms with van der Waals surface area (Å²) in [6, 6.07) is 0.165. The van der Waals surface area contributed by atoms with E-state index in [9.17, 15) is 4.79 Å². The quantitative estimate of drug-likeness (QED) is 0.539. The summed E-state index contributed by atoms with van der Waals surface area (Å²) in [4.78, 5) is 10.8. The Hall–Kier alpha value is -1.01. The van der Waals surface area contributed by atoms with E-state index in [2.05, 4.69) is 5.32 Å². The fraction of sp³-hybridized carbons (Fsp3) is 0.667. The van der Waals surface area contributed by atoms with Crippen molar-refractivity contribution in [2.24, 2.45) is 5.73 Å². The molecule has 0 aromatic heterocycles. The minimum atomic E-state index is -0.350. The van der Waals surface area contributed by atoms with E-state index in [0.29, 0.717) is 0 Å². The molecule has 0 aliphatic heterocycles. The van der Waals surface area contributed by atoms with E-state index >= 15 is 0 Å². The fourth-order valence-corrected chi connectivity index (χ4v) is 1.55. The van der Waals surface area contributed by atoms with Crippen molar-refractivity contribution in [2.75, 3.05) is 0 Å². The number of carbonyl (C=O) groups excluding carboxylic acids is 1. The van der Waals surface area contributed by atoms with Crippen LogP contribution >= 0.6 is 0 Å². The summed E-state index contributed by atoms with van der Waals surface area (Å²) in [5.74, 6) is 1.68. The molecule has 1 fully saturated rings. The molecule has 0 bridgehead atoms. The Balaban J connectivity index is 2.40. The molecule has 0 unspecified atom stereocenters. The molecular weight excluding hydrogens is 152 g/mol. The van der Waals surface area contributed by atoms with Gasteiger partial charge in [0.2, 0.25) is 0 Å². The van der Waals surface area contributed by atoms with E-state index in [1.54, 1.807) is 0 Å². The molecule has 0 heterocycles. The van der Waals surface area contributed by atoms with Crippen LogP contribution in [-0.2, 0) is 4.79 Å². The Morgan fingerprint density at radius 2 is 2.17 bits per heavy atom. The second kappa shape index (κ2) is 4.13. The van der Waals surface area contributed by atoms with Crippen LogP contribution in [-0.4, -0.2) is 18.0 Å². The average molecular weight is 166 g/mol. The predicted octanol–water partition coefficient (Wildman–Crippen LogP) is 0.00570. The van der Waals surface area contributed by atoms with Crippen LogP contribution < -0.4 is 11.1 Å². The van der Waals surface area contributed by atoms with Crippen molar-refractivity contribution in [1.29, 1.82) is 0 Å². The minimum Gasteiger partial charge on any atom is -0.341 e. The van der Waals surface area contributed by atoms with Crippen molar-refractivity contribution < 1.29 is 4.79 Å². The third-order valence-electron chi connectivity index (χ3n) is 2.27. The molecular formula is C9H14N2O. The zero-order valence-corrected chi connectivity index (χ0v) is 7.05. The standard InChI is InChI=1S/C9H14N2O/c1-2-9(12)11-8-6-4-3-5-7(8)10/h1,7-8H,3-6,10H2,(H,11,12)/t7-,8-/m1/s1. The van der Waals surface area contributed by atoms with Crippen molar-refractivity contribution in [1.82, 2.24) is 5.32 Å². The third-order valence-corrected chi connectivity index (χ3v) is 2.27. The van der Waals surface area contributed by atoms with Crippen molar-refractivity contribution >= 4 is 5.91 Å². The Morgan fingerprint density at radius 1 is 1.50 bits per heavy atom. The maximum Gasteiger partial charge on any atom is 0.295 e. The first kappa shape index (κ1) is 9.08. The highest BCUT2D eigenvalue weighted by Crippen LogP contribution is 2.16. The van der Waals surface area contributed by atoms with E-state index < -0.39 is 0 Å². The first-order chi connectivity index (χ1) is 5.74. The van der Waals surface area contributed by atoms with Gasteiger partial charge in [-0.15, -0.1) is 6.42 Å². The smallest absolute Gasteiger partial charge is 0.295 e. The molecule has 66 valence electrons. The number of nitrogens with two attached hydrogens (primary N) is 1. The summed E-state index contributed by atoms with van der Waals surface area (Å²) in [5.41, 5.74) is 5.80. The van der Waals surface area contributed by atoms with Gasteiger partial charge in [0.25, 0.3) is 5.91 Å². The molecule has 0 aromatic carbocycles. The zero-order valence-electron chi connectivity index (χ0n) is 7.05. The van der Waals surface area contributed by atoms with Crippen LogP contribution in [0.15, 0.2) is 0 Å². The van der Waals surface area contributed by atoms with Gasteiger partial charge in [-0.25, -0.2) is 0 Å². The van der Waals surface area contributed by atoms with Gasteiger partial charge in [-0.05, 0) is 18.8 Å². The summed E-state index contributed by atoms with van der Waals surface area (Å²) in [7, 11) is 0. The minimum absolute atomic E-state index is 0.0797. The van der Waals surface area contributed by atoms with Gasteiger partial charge in [-0.1, -0.05) is 12.8 Å². The van der Waals surface area contributed by atoms with Gasteiger partial charge in [0, 0.05) is 12.1 Å². The molecule has 2 atom stereocenters. The largest absolute Gasteiger partial charge is 0.341 e. The van der Waals surface area contributed by atoms with Gasteiger partial charge in [0.05, 0.1) is 0 Å². The Bertz CT molecular complexity index is 207. The van der Waals surface area contributed by atoms with Crippen molar-refractivity contribution in [2.45, 2.75) is 37.8 Å². The second-order valence-electron chi connectivity index (χ2n) is 3.17. The van der Waals surface area contributed by atoms with Gasteiger partial charge in [0.1, 0.15) is 0 Å². The Labute approximate surface area is 72.7 Å². The van der Waals surface area contributed by atoms with Crippen molar-refractivity contribution in [3.05, 3.63) is 0 Å². The molecule has 1 saturated carbocycles. The molecule has 0 radical (unpaired) electrons. The number of hydrogen-bond acceptors (Lipinski definition) is 2. The lowest BCUT2D eigenvalue weighted by molar-refractivity contribution is -0.116. The van der Waals surface area contributed by atoms with Gasteiger partial charge in [-0.2, -0.15) is 0 Å². The summed E-state index contributed by atoms with van der Waals surface area (Å²) in [6.45, 7) is 0. The highest BCUT2D eigenvalue weighted by Gasteiger charge is 2.22. The van der Waals surface area contributed by atoms with Gasteiger partial charge < -0.3 is 11.1 Å². The van der Waals surface area contributed by atoms with Crippen molar-refractivity contribution in [3.63, 3.8) is 0 Å². The highest BCUT2D eigenvalue weighted by atomic mass is 16.1. The summed E-state index contributed by atoms with van der Waals surface area (Å²) < 4.78 is 0. The molecule has 0 saturated heterocycles. The Kier molecular flexibility index (Phi) is 3.12. The predicted molar refractivity (Wildman–Crippen MR) is 47.2 cm³/mol. The van der Waals surface area contributed by atoms with E-state index in [-0.39, 0.29) is 18.0 Å². The van der Waals surface area contributed by atoms with Crippen LogP contribution in [0.25, 0.3) is 0 Å². The molecule has 1 aliphatic rings. The van der Waals surface area contributed by atoms with Gasteiger partial charge in [0.15, 0.2) is 0 Å². The number of nitrogens with one attached hydrogen (secondary N) is 1. The maximum atomic E-state index is 10.8. The molecule has 1 aliphatic carbocycles. The van der Waals surface area contributed by atoms with E-state index in [4.69, 9.17) is 12.2 Å². The number of hydrogen-bond donors (Lipinski definition) is 2. The summed E-state index contributed by atoms with van der Waals surface area (Å²) >= 11 is 0. The van der Waals surface area contributed by atoms with Gasteiger partial charge in [-0.3, -0.25) is 4.79 Å². The number of terminal acetylenes is 1. The zero-order chi connectivity index (χ0) is 8.97. The molecule has 1 rings (SSSR count). The lowest BCUT2D eigenvalue weighted by atomic mass is 9.91. The van der Waals surface area contributed by atoms with E-state index in [0.717, 1.165) is 25.7 Å². The molecule has 3 heteroatoms. The van der Waals surface area contributed by atoms with Crippen LogP contribution in [0.3, 0.4) is 0 Å². The summed E-state index contributed by atoms with van der Waals surface area (Å²) in [5, 5.41) is 2.72. The van der Waals surface area contributed by atoms with Crippen LogP contribution in [0, 0.1) is 12.3 Å². The molecule has 1 amide bonds. The van der Waals surface area contributed by atoms with E-state index in [1.165, 1.54) is 0 Å². The molecule has 3 N–H and O–H groups in total. The molecule has 0 spiro atoms. The topological polar surface area (TPSA) is 55.1 Å². The molecule has 3 nitrogen and oxygen atoms in total.